The molecule has 0 spiro atoms. The van der Waals surface area contributed by atoms with E-state index in [1.54, 1.807) is 0 Å². The van der Waals surface area contributed by atoms with E-state index in [1.165, 1.54) is 38.5 Å². The molecule has 0 aliphatic heterocycles. The molecule has 0 bridgehead atoms. The van der Waals surface area contributed by atoms with Crippen LogP contribution in [0.1, 0.15) is 218 Å². The molecule has 0 fully saturated rings. The van der Waals surface area contributed by atoms with Crippen LogP contribution in [0, 0.1) is 0 Å². The maximum atomic E-state index is 14.9. The molecule has 7 nitrogen and oxygen atoms in total. The maximum absolute atomic E-state index is 14.9. The number of carbonyl (C=O) groups excluding carboxylic acids is 1. The predicted octanol–water partition coefficient (Wildman–Crippen LogP) is 15.3. The van der Waals surface area contributed by atoms with Gasteiger partial charge in [0.2, 0.25) is 0 Å². The van der Waals surface area contributed by atoms with Gasteiger partial charge in [-0.05, 0) is 68.7 Å². The second kappa shape index (κ2) is 34.7. The standard InChI is InChI=1S/C51H86O7/c1-7-13-19-25-35-53-44-32-34-46(54-36-26-20-14-8-2)43(41-44)31-33-45(52)49-50(57-39-29-23-17-11-5)47(55-37-27-21-15-9-3)42-48(56-38-28-22-16-10-4)51(49)58-40-30-24-18-12-6/h32,34,41-42H,7-31,33,35-40H2,1-6H3. The molecule has 2 aromatic rings. The number of carbonyl (C=O) groups is 1. The van der Waals surface area contributed by atoms with Crippen LogP contribution in [0.15, 0.2) is 24.3 Å². The first kappa shape index (κ1) is 51.1. The molecule has 0 aromatic heterocycles. The van der Waals surface area contributed by atoms with Gasteiger partial charge in [0.05, 0.1) is 39.6 Å². The number of Topliss-reactive ketones (excluding diaryl/α,β-unsaturated/α-hetero) is 1. The van der Waals surface area contributed by atoms with E-state index in [1.807, 2.05) is 18.2 Å². The first-order valence-electron chi connectivity index (χ1n) is 24.2. The summed E-state index contributed by atoms with van der Waals surface area (Å²) in [6, 6.07) is 8.04. The lowest BCUT2D eigenvalue weighted by Gasteiger charge is -2.23. The normalized spacial score (nSPS) is 11.1. The first-order chi connectivity index (χ1) is 28.5. The van der Waals surface area contributed by atoms with Crippen LogP contribution in [0.3, 0.4) is 0 Å². The average Bonchev–Trinajstić information content (AvgIpc) is 3.23. The van der Waals surface area contributed by atoms with Crippen LogP contribution in [-0.2, 0) is 6.42 Å². The largest absolute Gasteiger partial charge is 0.494 e. The summed E-state index contributed by atoms with van der Waals surface area (Å²) in [5.74, 6) is 3.74. The van der Waals surface area contributed by atoms with Gasteiger partial charge in [0.1, 0.15) is 17.1 Å². The number of ether oxygens (including phenoxy) is 6. The minimum atomic E-state index is -0.0424. The van der Waals surface area contributed by atoms with Crippen molar-refractivity contribution >= 4 is 5.78 Å². The Morgan fingerprint density at radius 2 is 0.759 bits per heavy atom. The minimum absolute atomic E-state index is 0.0424. The monoisotopic (exact) mass is 811 g/mol. The van der Waals surface area contributed by atoms with Crippen molar-refractivity contribution in [1.82, 2.24) is 0 Å². The second-order valence-corrected chi connectivity index (χ2v) is 16.1. The van der Waals surface area contributed by atoms with Crippen LogP contribution < -0.4 is 28.4 Å². The van der Waals surface area contributed by atoms with Crippen molar-refractivity contribution in [1.29, 1.82) is 0 Å². The summed E-state index contributed by atoms with van der Waals surface area (Å²) in [6.07, 6.45) is 27.2. The minimum Gasteiger partial charge on any atom is -0.494 e. The molecule has 2 rings (SSSR count). The SMILES string of the molecule is CCCCCCOc1ccc(OCCCCCC)c(CCC(=O)c2c(OCCCCCC)c(OCCCCCC)cc(OCCCCCC)c2OCCCCCC)c1. The molecule has 0 amide bonds. The highest BCUT2D eigenvalue weighted by Crippen LogP contribution is 2.46. The Labute approximate surface area is 356 Å². The molecular weight excluding hydrogens is 725 g/mol. The van der Waals surface area contributed by atoms with E-state index in [9.17, 15) is 4.79 Å². The first-order valence-corrected chi connectivity index (χ1v) is 24.2. The second-order valence-electron chi connectivity index (χ2n) is 16.1. The highest BCUT2D eigenvalue weighted by molar-refractivity contribution is 6.03. The Bertz CT molecular complexity index is 1260. The van der Waals surface area contributed by atoms with Crippen molar-refractivity contribution in [2.75, 3.05) is 39.6 Å². The number of unbranched alkanes of at least 4 members (excludes halogenated alkanes) is 18. The molecule has 0 radical (unpaired) electrons. The number of hydrogen-bond acceptors (Lipinski definition) is 7. The van der Waals surface area contributed by atoms with Crippen molar-refractivity contribution in [2.45, 2.75) is 208 Å². The van der Waals surface area contributed by atoms with Gasteiger partial charge in [0.25, 0.3) is 0 Å². The molecule has 0 atom stereocenters. The summed E-state index contributed by atoms with van der Waals surface area (Å²) in [6.45, 7) is 16.8. The van der Waals surface area contributed by atoms with Crippen LogP contribution in [0.25, 0.3) is 0 Å². The molecule has 58 heavy (non-hydrogen) atoms. The summed E-state index contributed by atoms with van der Waals surface area (Å²) in [5.41, 5.74) is 1.43. The van der Waals surface area contributed by atoms with Gasteiger partial charge in [-0.3, -0.25) is 4.79 Å². The van der Waals surface area contributed by atoms with E-state index in [4.69, 9.17) is 28.4 Å². The van der Waals surface area contributed by atoms with E-state index >= 15 is 0 Å². The third-order valence-corrected chi connectivity index (χ3v) is 10.6. The molecule has 0 N–H and O–H groups in total. The Kier molecular flexibility index (Phi) is 30.6. The number of benzene rings is 2. The van der Waals surface area contributed by atoms with Gasteiger partial charge in [0.15, 0.2) is 28.8 Å². The van der Waals surface area contributed by atoms with Crippen molar-refractivity contribution < 1.29 is 33.2 Å². The molecule has 332 valence electrons. The Balaban J connectivity index is 2.59. The van der Waals surface area contributed by atoms with Gasteiger partial charge in [0, 0.05) is 12.5 Å². The maximum Gasteiger partial charge on any atom is 0.176 e. The quantitative estimate of drug-likeness (QED) is 0.0490. The van der Waals surface area contributed by atoms with E-state index in [0.717, 1.165) is 133 Å². The zero-order valence-electron chi connectivity index (χ0n) is 38.3. The van der Waals surface area contributed by atoms with Crippen LogP contribution in [0.5, 0.6) is 34.5 Å². The third kappa shape index (κ3) is 21.8. The molecule has 0 aliphatic carbocycles. The van der Waals surface area contributed by atoms with Gasteiger partial charge in [-0.25, -0.2) is 0 Å². The average molecular weight is 811 g/mol. The van der Waals surface area contributed by atoms with E-state index in [2.05, 4.69) is 47.6 Å². The van der Waals surface area contributed by atoms with Crippen molar-refractivity contribution in [2.24, 2.45) is 0 Å². The van der Waals surface area contributed by atoms with Gasteiger partial charge in [-0.2, -0.15) is 0 Å². The summed E-state index contributed by atoms with van der Waals surface area (Å²) in [5, 5.41) is 0. The topological polar surface area (TPSA) is 72.5 Å². The number of rotatable bonds is 40. The molecule has 0 unspecified atom stereocenters. The summed E-state index contributed by atoms with van der Waals surface area (Å²) in [4.78, 5) is 14.9. The zero-order valence-corrected chi connectivity index (χ0v) is 38.3. The van der Waals surface area contributed by atoms with Gasteiger partial charge < -0.3 is 28.4 Å². The van der Waals surface area contributed by atoms with Gasteiger partial charge in [-0.1, -0.05) is 157 Å². The molecular formula is C51H86O7. The van der Waals surface area contributed by atoms with Crippen LogP contribution in [0.2, 0.25) is 0 Å². The van der Waals surface area contributed by atoms with Gasteiger partial charge in [-0.15, -0.1) is 0 Å². The summed E-state index contributed by atoms with van der Waals surface area (Å²) < 4.78 is 38.9. The van der Waals surface area contributed by atoms with E-state index < -0.39 is 0 Å². The van der Waals surface area contributed by atoms with E-state index in [-0.39, 0.29) is 12.2 Å². The molecule has 0 aliphatic rings. The lowest BCUT2D eigenvalue weighted by Crippen LogP contribution is -2.14. The fourth-order valence-electron chi connectivity index (χ4n) is 6.97. The molecule has 0 saturated carbocycles. The molecule has 0 saturated heterocycles. The number of ketones is 1. The van der Waals surface area contributed by atoms with E-state index in [0.29, 0.717) is 74.6 Å². The molecule has 2 aromatic carbocycles. The van der Waals surface area contributed by atoms with Crippen LogP contribution in [0.4, 0.5) is 0 Å². The summed E-state index contributed by atoms with van der Waals surface area (Å²) in [7, 11) is 0. The molecule has 0 heterocycles. The van der Waals surface area contributed by atoms with Crippen LogP contribution >= 0.6 is 0 Å². The van der Waals surface area contributed by atoms with Crippen molar-refractivity contribution in [3.05, 3.63) is 35.4 Å². The molecule has 7 heteroatoms. The highest BCUT2D eigenvalue weighted by atomic mass is 16.5. The fraction of sp³-hybridized carbons (Fsp3) is 0.745. The highest BCUT2D eigenvalue weighted by Gasteiger charge is 2.28. The Morgan fingerprint density at radius 3 is 1.16 bits per heavy atom. The number of hydrogen-bond donors (Lipinski definition) is 0. The Hall–Kier alpha value is -3.09. The van der Waals surface area contributed by atoms with Crippen molar-refractivity contribution in [3.8, 4) is 34.5 Å². The lowest BCUT2D eigenvalue weighted by molar-refractivity contribution is 0.0971. The smallest absolute Gasteiger partial charge is 0.176 e. The predicted molar refractivity (Wildman–Crippen MR) is 243 cm³/mol. The lowest BCUT2D eigenvalue weighted by atomic mass is 9.99. The number of aryl methyl sites for hydroxylation is 1. The summed E-state index contributed by atoms with van der Waals surface area (Å²) >= 11 is 0. The Morgan fingerprint density at radius 1 is 0.397 bits per heavy atom. The zero-order chi connectivity index (χ0) is 41.9. The fourth-order valence-corrected chi connectivity index (χ4v) is 6.97. The van der Waals surface area contributed by atoms with Crippen molar-refractivity contribution in [3.63, 3.8) is 0 Å². The van der Waals surface area contributed by atoms with Gasteiger partial charge >= 0.3 is 0 Å². The van der Waals surface area contributed by atoms with Crippen LogP contribution in [-0.4, -0.2) is 45.4 Å². The third-order valence-electron chi connectivity index (χ3n) is 10.6.